The summed E-state index contributed by atoms with van der Waals surface area (Å²) in [6, 6.07) is 1.75. The second-order valence-electron chi connectivity index (χ2n) is 4.25. The van der Waals surface area contributed by atoms with Gasteiger partial charge in [-0.1, -0.05) is 0 Å². The molecule has 1 fully saturated rings. The summed E-state index contributed by atoms with van der Waals surface area (Å²) < 4.78 is 7.07. The summed E-state index contributed by atoms with van der Waals surface area (Å²) in [6.07, 6.45) is 0.975. The molecule has 7 heteroatoms. The van der Waals surface area contributed by atoms with Crippen LogP contribution in [0.25, 0.3) is 11.0 Å². The van der Waals surface area contributed by atoms with Crippen LogP contribution < -0.4 is 0 Å². The van der Waals surface area contributed by atoms with Gasteiger partial charge < -0.3 is 24.6 Å². The van der Waals surface area contributed by atoms with E-state index < -0.39 is 24.5 Å². The molecule has 0 amide bonds. The molecule has 1 aliphatic heterocycles. The van der Waals surface area contributed by atoms with Crippen LogP contribution in [0.15, 0.2) is 24.8 Å². The van der Waals surface area contributed by atoms with E-state index in [1.54, 1.807) is 23.0 Å². The fourth-order valence-electron chi connectivity index (χ4n) is 2.20. The van der Waals surface area contributed by atoms with Crippen LogP contribution in [0, 0.1) is 0 Å². The third kappa shape index (κ3) is 1.60. The van der Waals surface area contributed by atoms with Crippen molar-refractivity contribution in [2.24, 2.45) is 0 Å². The summed E-state index contributed by atoms with van der Waals surface area (Å²) in [7, 11) is 0. The zero-order chi connectivity index (χ0) is 12.7. The monoisotopic (exact) mass is 251 g/mol. The molecule has 7 nitrogen and oxygen atoms in total. The molecule has 1 saturated heterocycles. The minimum atomic E-state index is -1.11. The number of ether oxygens (including phenoxy) is 1. The van der Waals surface area contributed by atoms with Crippen LogP contribution >= 0.6 is 0 Å². The third-order valence-corrected chi connectivity index (χ3v) is 3.17. The molecule has 18 heavy (non-hydrogen) atoms. The van der Waals surface area contributed by atoms with Crippen LogP contribution in [0.2, 0.25) is 0 Å². The van der Waals surface area contributed by atoms with E-state index in [0.717, 1.165) is 5.52 Å². The standard InChI is InChI=1S/C11H13N3O4/c15-4-8-9(16)10(17)11(18-8)14-5-13-6-3-12-2-1-7(6)14/h1-3,5,8-11,15-17H,4H2/t8-,9-,10-,11-/m1/s1. The number of aromatic nitrogens is 3. The lowest BCUT2D eigenvalue weighted by Crippen LogP contribution is -2.33. The van der Waals surface area contributed by atoms with Crippen molar-refractivity contribution in [1.29, 1.82) is 0 Å². The molecule has 96 valence electrons. The first-order valence-electron chi connectivity index (χ1n) is 5.61. The number of rotatable bonds is 2. The maximum atomic E-state index is 9.94. The number of hydrogen-bond acceptors (Lipinski definition) is 6. The number of hydrogen-bond donors (Lipinski definition) is 3. The molecule has 0 spiro atoms. The molecule has 0 aliphatic carbocycles. The summed E-state index contributed by atoms with van der Waals surface area (Å²) in [4.78, 5) is 8.09. The lowest BCUT2D eigenvalue weighted by atomic mass is 10.1. The third-order valence-electron chi connectivity index (χ3n) is 3.17. The Hall–Kier alpha value is -1.54. The molecule has 3 N–H and O–H groups in total. The largest absolute Gasteiger partial charge is 0.394 e. The molecule has 4 atom stereocenters. The van der Waals surface area contributed by atoms with E-state index in [4.69, 9.17) is 9.84 Å². The highest BCUT2D eigenvalue weighted by molar-refractivity contribution is 5.73. The number of imidazole rings is 1. The normalized spacial score (nSPS) is 32.2. The average Bonchev–Trinajstić information content (AvgIpc) is 2.93. The Kier molecular flexibility index (Phi) is 2.75. The van der Waals surface area contributed by atoms with Gasteiger partial charge in [0.2, 0.25) is 0 Å². The van der Waals surface area contributed by atoms with Gasteiger partial charge in [-0.15, -0.1) is 0 Å². The Morgan fingerprint density at radius 1 is 1.33 bits per heavy atom. The summed E-state index contributed by atoms with van der Waals surface area (Å²) in [5.41, 5.74) is 1.43. The first-order valence-corrected chi connectivity index (χ1v) is 5.61. The minimum absolute atomic E-state index is 0.344. The summed E-state index contributed by atoms with van der Waals surface area (Å²) >= 11 is 0. The van der Waals surface area contributed by atoms with E-state index in [9.17, 15) is 10.2 Å². The lowest BCUT2D eigenvalue weighted by Gasteiger charge is -2.16. The molecule has 3 rings (SSSR count). The fourth-order valence-corrected chi connectivity index (χ4v) is 2.20. The molecule has 3 heterocycles. The van der Waals surface area contributed by atoms with Crippen molar-refractivity contribution in [3.8, 4) is 0 Å². The first kappa shape index (κ1) is 11.5. The Morgan fingerprint density at radius 2 is 2.17 bits per heavy atom. The van der Waals surface area contributed by atoms with E-state index in [1.807, 2.05) is 0 Å². The van der Waals surface area contributed by atoms with Gasteiger partial charge >= 0.3 is 0 Å². The number of pyridine rings is 1. The van der Waals surface area contributed by atoms with Crippen molar-refractivity contribution in [1.82, 2.24) is 14.5 Å². The molecule has 0 bridgehead atoms. The van der Waals surface area contributed by atoms with E-state index in [1.165, 1.54) is 6.33 Å². The van der Waals surface area contributed by atoms with Crippen molar-refractivity contribution in [2.75, 3.05) is 6.61 Å². The predicted octanol–water partition coefficient (Wildman–Crippen LogP) is -0.957. The maximum absolute atomic E-state index is 9.94. The Bertz CT molecular complexity index is 558. The van der Waals surface area contributed by atoms with E-state index in [0.29, 0.717) is 5.52 Å². The van der Waals surface area contributed by atoms with Gasteiger partial charge in [-0.3, -0.25) is 4.98 Å². The Morgan fingerprint density at radius 3 is 2.89 bits per heavy atom. The highest BCUT2D eigenvalue weighted by Crippen LogP contribution is 2.31. The van der Waals surface area contributed by atoms with Crippen LogP contribution in [0.1, 0.15) is 6.23 Å². The first-order chi connectivity index (χ1) is 8.72. The highest BCUT2D eigenvalue weighted by atomic mass is 16.6. The van der Waals surface area contributed by atoms with Crippen LogP contribution in [-0.4, -0.2) is 54.8 Å². The number of fused-ring (bicyclic) bond motifs is 1. The van der Waals surface area contributed by atoms with E-state index >= 15 is 0 Å². The molecule has 2 aromatic rings. The topological polar surface area (TPSA) is 101 Å². The second-order valence-corrected chi connectivity index (χ2v) is 4.25. The second kappa shape index (κ2) is 4.29. The quantitative estimate of drug-likeness (QED) is 0.635. The van der Waals surface area contributed by atoms with Crippen molar-refractivity contribution in [3.05, 3.63) is 24.8 Å². The van der Waals surface area contributed by atoms with Crippen LogP contribution in [0.4, 0.5) is 0 Å². The van der Waals surface area contributed by atoms with Gasteiger partial charge in [0.15, 0.2) is 6.23 Å². The van der Waals surface area contributed by atoms with Gasteiger partial charge in [-0.05, 0) is 6.07 Å². The number of nitrogens with zero attached hydrogens (tertiary/aromatic N) is 3. The molecular formula is C11H13N3O4. The predicted molar refractivity (Wildman–Crippen MR) is 60.5 cm³/mol. The zero-order valence-corrected chi connectivity index (χ0v) is 9.42. The van der Waals surface area contributed by atoms with E-state index in [-0.39, 0.29) is 6.61 Å². The SMILES string of the molecule is OC[C@H]1O[C@@H](n2cnc3cnccc32)[C@H](O)[C@@H]1O. The highest BCUT2D eigenvalue weighted by Gasteiger charge is 2.43. The van der Waals surface area contributed by atoms with Gasteiger partial charge in [0.25, 0.3) is 0 Å². The Balaban J connectivity index is 2.00. The molecule has 2 aromatic heterocycles. The minimum Gasteiger partial charge on any atom is -0.394 e. The van der Waals surface area contributed by atoms with Gasteiger partial charge in [0.1, 0.15) is 23.8 Å². The molecule has 0 unspecified atom stereocenters. The molecule has 0 radical (unpaired) electrons. The Labute approximate surface area is 102 Å². The van der Waals surface area contributed by atoms with Crippen LogP contribution in [0.5, 0.6) is 0 Å². The molecule has 1 aliphatic rings. The summed E-state index contributed by atoms with van der Waals surface area (Å²) in [5.74, 6) is 0. The molecular weight excluding hydrogens is 238 g/mol. The van der Waals surface area contributed by atoms with Crippen LogP contribution in [-0.2, 0) is 4.74 Å². The summed E-state index contributed by atoms with van der Waals surface area (Å²) in [6.45, 7) is -0.344. The molecule has 0 saturated carbocycles. The van der Waals surface area contributed by atoms with Gasteiger partial charge in [0, 0.05) is 6.20 Å². The van der Waals surface area contributed by atoms with Gasteiger partial charge in [-0.25, -0.2) is 4.98 Å². The van der Waals surface area contributed by atoms with Crippen molar-refractivity contribution in [2.45, 2.75) is 24.5 Å². The number of aliphatic hydroxyl groups is 3. The number of aliphatic hydroxyl groups excluding tert-OH is 3. The summed E-state index contributed by atoms with van der Waals surface area (Å²) in [5, 5.41) is 28.7. The van der Waals surface area contributed by atoms with Crippen LogP contribution in [0.3, 0.4) is 0 Å². The fraction of sp³-hybridized carbons (Fsp3) is 0.455. The average molecular weight is 251 g/mol. The van der Waals surface area contributed by atoms with E-state index in [2.05, 4.69) is 9.97 Å². The van der Waals surface area contributed by atoms with Crippen molar-refractivity contribution in [3.63, 3.8) is 0 Å². The lowest BCUT2D eigenvalue weighted by molar-refractivity contribution is -0.0508. The smallest absolute Gasteiger partial charge is 0.164 e. The van der Waals surface area contributed by atoms with Gasteiger partial charge in [-0.2, -0.15) is 0 Å². The van der Waals surface area contributed by atoms with Crippen molar-refractivity contribution >= 4 is 11.0 Å². The maximum Gasteiger partial charge on any atom is 0.164 e. The van der Waals surface area contributed by atoms with Gasteiger partial charge in [0.05, 0.1) is 24.6 Å². The zero-order valence-electron chi connectivity index (χ0n) is 9.42. The van der Waals surface area contributed by atoms with Crippen molar-refractivity contribution < 1.29 is 20.1 Å². The molecule has 0 aromatic carbocycles.